The number of hydrogen-bond acceptors (Lipinski definition) is 5. The Bertz CT molecular complexity index is 621. The second-order valence-corrected chi connectivity index (χ2v) is 3.80. The van der Waals surface area contributed by atoms with Crippen LogP contribution in [0, 0.1) is 10.1 Å². The Kier molecular flexibility index (Phi) is 3.29. The van der Waals surface area contributed by atoms with Crippen LogP contribution in [0.4, 0.5) is 5.69 Å². The number of halogens is 1. The summed E-state index contributed by atoms with van der Waals surface area (Å²) >= 11 is 5.71. The first-order chi connectivity index (χ1) is 8.61. The van der Waals surface area contributed by atoms with Gasteiger partial charge >= 0.3 is 0 Å². The van der Waals surface area contributed by atoms with Crippen LogP contribution in [0.15, 0.2) is 39.9 Å². The quantitative estimate of drug-likeness (QED) is 0.399. The van der Waals surface area contributed by atoms with Gasteiger partial charge < -0.3 is 9.62 Å². The molecule has 1 aromatic carbocycles. The lowest BCUT2D eigenvalue weighted by Gasteiger charge is -2.00. The Morgan fingerprint density at radius 1 is 1.39 bits per heavy atom. The molecule has 0 saturated carbocycles. The van der Waals surface area contributed by atoms with Gasteiger partial charge in [-0.1, -0.05) is 16.8 Å². The second-order valence-electron chi connectivity index (χ2n) is 3.37. The van der Waals surface area contributed by atoms with E-state index in [1.165, 1.54) is 24.3 Å². The van der Waals surface area contributed by atoms with Crippen molar-refractivity contribution in [3.8, 4) is 11.3 Å². The molecule has 0 radical (unpaired) electrons. The maximum absolute atomic E-state index is 10.9. The van der Waals surface area contributed by atoms with Crippen molar-refractivity contribution in [2.75, 3.05) is 0 Å². The third kappa shape index (κ3) is 2.33. The van der Waals surface area contributed by atoms with Gasteiger partial charge in [0.1, 0.15) is 17.7 Å². The molecule has 7 heteroatoms. The van der Waals surface area contributed by atoms with Crippen LogP contribution in [0.25, 0.3) is 11.3 Å². The molecule has 1 heterocycles. The van der Waals surface area contributed by atoms with Crippen LogP contribution in [0.3, 0.4) is 0 Å². The number of nitrogens with zero attached hydrogens (tertiary/aromatic N) is 2. The zero-order valence-electron chi connectivity index (χ0n) is 8.91. The van der Waals surface area contributed by atoms with Gasteiger partial charge in [0.25, 0.3) is 5.69 Å². The van der Waals surface area contributed by atoms with Crippen LogP contribution in [0.5, 0.6) is 0 Å². The van der Waals surface area contributed by atoms with E-state index in [1.807, 2.05) is 0 Å². The van der Waals surface area contributed by atoms with Gasteiger partial charge in [0.15, 0.2) is 0 Å². The topological polar surface area (TPSA) is 88.9 Å². The van der Waals surface area contributed by atoms with Gasteiger partial charge in [-0.15, -0.1) is 0 Å². The molecule has 2 rings (SSSR count). The van der Waals surface area contributed by atoms with Gasteiger partial charge in [-0.05, 0) is 24.3 Å². The van der Waals surface area contributed by atoms with E-state index < -0.39 is 4.92 Å². The third-order valence-corrected chi connectivity index (χ3v) is 2.47. The summed E-state index contributed by atoms with van der Waals surface area (Å²) in [5.41, 5.74) is 0.159. The first-order valence-electron chi connectivity index (χ1n) is 4.83. The molecule has 1 aromatic heterocycles. The molecular weight excluding hydrogens is 260 g/mol. The number of nitro benzene ring substituents is 1. The smallest absolute Gasteiger partial charge is 0.281 e. The predicted molar refractivity (Wildman–Crippen MR) is 65.2 cm³/mol. The van der Waals surface area contributed by atoms with Gasteiger partial charge in [-0.2, -0.15) is 0 Å². The Labute approximate surface area is 106 Å². The van der Waals surface area contributed by atoms with Crippen molar-refractivity contribution in [3.05, 3.63) is 51.2 Å². The summed E-state index contributed by atoms with van der Waals surface area (Å²) in [4.78, 5) is 10.4. The van der Waals surface area contributed by atoms with Crippen LogP contribution < -0.4 is 0 Å². The molecule has 92 valence electrons. The van der Waals surface area contributed by atoms with Crippen molar-refractivity contribution in [1.29, 1.82) is 0 Å². The summed E-state index contributed by atoms with van der Waals surface area (Å²) in [6, 6.07) is 7.37. The van der Waals surface area contributed by atoms with Gasteiger partial charge in [-0.25, -0.2) is 0 Å². The molecule has 2 aromatic rings. The molecule has 0 aliphatic rings. The molecule has 0 amide bonds. The maximum Gasteiger partial charge on any atom is 0.281 e. The number of hydrogen-bond donors (Lipinski definition) is 1. The molecule has 0 aliphatic heterocycles. The largest absolute Gasteiger partial charge is 0.455 e. The highest BCUT2D eigenvalue weighted by atomic mass is 35.5. The SMILES string of the molecule is O=[N+]([O-])c1cc(Cl)ccc1-c1ccc(/C=N/O)o1. The van der Waals surface area contributed by atoms with Crippen molar-refractivity contribution >= 4 is 23.5 Å². The molecule has 1 N–H and O–H groups in total. The van der Waals surface area contributed by atoms with Crippen molar-refractivity contribution in [2.24, 2.45) is 5.16 Å². The Hall–Kier alpha value is -2.34. The van der Waals surface area contributed by atoms with Crippen LogP contribution >= 0.6 is 11.6 Å². The molecule has 0 atom stereocenters. The van der Waals surface area contributed by atoms with E-state index in [0.717, 1.165) is 6.21 Å². The van der Waals surface area contributed by atoms with E-state index in [0.29, 0.717) is 11.3 Å². The molecule has 6 nitrogen and oxygen atoms in total. The number of furan rings is 1. The highest BCUT2D eigenvalue weighted by Crippen LogP contribution is 2.33. The van der Waals surface area contributed by atoms with Crippen molar-refractivity contribution in [3.63, 3.8) is 0 Å². The second kappa shape index (κ2) is 4.89. The minimum Gasteiger partial charge on any atom is -0.455 e. The highest BCUT2D eigenvalue weighted by molar-refractivity contribution is 6.30. The van der Waals surface area contributed by atoms with E-state index in [9.17, 15) is 10.1 Å². The number of oxime groups is 1. The molecule has 0 spiro atoms. The molecule has 0 bridgehead atoms. The fourth-order valence-electron chi connectivity index (χ4n) is 1.49. The minimum absolute atomic E-state index is 0.149. The molecular formula is C11H7ClN2O4. The molecule has 0 saturated heterocycles. The van der Waals surface area contributed by atoms with Crippen molar-refractivity contribution in [2.45, 2.75) is 0 Å². The average molecular weight is 267 g/mol. The third-order valence-electron chi connectivity index (χ3n) is 2.23. The fraction of sp³-hybridized carbons (Fsp3) is 0. The standard InChI is InChI=1S/C11H7ClN2O4/c12-7-1-3-9(10(5-7)14(16)17)11-4-2-8(18-11)6-13-15/h1-6,15H/b13-6+. The summed E-state index contributed by atoms with van der Waals surface area (Å²) < 4.78 is 5.28. The zero-order valence-corrected chi connectivity index (χ0v) is 9.66. The Morgan fingerprint density at radius 2 is 2.17 bits per heavy atom. The van der Waals surface area contributed by atoms with Crippen LogP contribution in [-0.4, -0.2) is 16.3 Å². The van der Waals surface area contributed by atoms with Crippen LogP contribution in [0.2, 0.25) is 5.02 Å². The summed E-state index contributed by atoms with van der Waals surface area (Å²) in [5, 5.41) is 22.4. The minimum atomic E-state index is -0.538. The maximum atomic E-state index is 10.9. The first-order valence-corrected chi connectivity index (χ1v) is 5.21. The number of rotatable bonds is 3. The average Bonchev–Trinajstić information content (AvgIpc) is 2.78. The fourth-order valence-corrected chi connectivity index (χ4v) is 1.65. The van der Waals surface area contributed by atoms with Gasteiger partial charge in [0, 0.05) is 11.1 Å². The van der Waals surface area contributed by atoms with E-state index in [4.69, 9.17) is 21.2 Å². The van der Waals surface area contributed by atoms with Crippen LogP contribution in [0.1, 0.15) is 5.76 Å². The van der Waals surface area contributed by atoms with Crippen molar-refractivity contribution in [1.82, 2.24) is 0 Å². The van der Waals surface area contributed by atoms with Crippen LogP contribution in [-0.2, 0) is 0 Å². The van der Waals surface area contributed by atoms with E-state index in [-0.39, 0.29) is 16.5 Å². The Morgan fingerprint density at radius 3 is 2.83 bits per heavy atom. The molecule has 0 unspecified atom stereocenters. The van der Waals surface area contributed by atoms with Gasteiger partial charge in [-0.3, -0.25) is 10.1 Å². The van der Waals surface area contributed by atoms with Gasteiger partial charge in [0.05, 0.1) is 10.5 Å². The van der Waals surface area contributed by atoms with E-state index in [1.54, 1.807) is 6.07 Å². The van der Waals surface area contributed by atoms with E-state index in [2.05, 4.69) is 5.16 Å². The summed E-state index contributed by atoms with van der Waals surface area (Å²) in [5.74, 6) is 0.588. The van der Waals surface area contributed by atoms with Gasteiger partial charge in [0.2, 0.25) is 0 Å². The highest BCUT2D eigenvalue weighted by Gasteiger charge is 2.18. The molecule has 18 heavy (non-hydrogen) atoms. The molecule has 0 fully saturated rings. The summed E-state index contributed by atoms with van der Waals surface area (Å²) in [6.07, 6.45) is 1.09. The molecule has 0 aliphatic carbocycles. The summed E-state index contributed by atoms with van der Waals surface area (Å²) in [6.45, 7) is 0. The predicted octanol–water partition coefficient (Wildman–Crippen LogP) is 3.32. The van der Waals surface area contributed by atoms with Crippen molar-refractivity contribution < 1.29 is 14.5 Å². The van der Waals surface area contributed by atoms with E-state index >= 15 is 0 Å². The lowest BCUT2D eigenvalue weighted by Crippen LogP contribution is -1.91. The monoisotopic (exact) mass is 266 g/mol. The first kappa shape index (κ1) is 12.1. The zero-order chi connectivity index (χ0) is 13.1. The Balaban J connectivity index is 2.52. The number of nitro groups is 1. The number of benzene rings is 1. The summed E-state index contributed by atoms with van der Waals surface area (Å²) in [7, 11) is 0. The normalized spacial score (nSPS) is 10.9. The lowest BCUT2D eigenvalue weighted by molar-refractivity contribution is -0.384. The lowest BCUT2D eigenvalue weighted by atomic mass is 10.1.